The number of rotatable bonds is 2. The fourth-order valence-electron chi connectivity index (χ4n) is 1.87. The average molecular weight is 240 g/mol. The molecule has 0 N–H and O–H groups in total. The van der Waals surface area contributed by atoms with Crippen molar-refractivity contribution in [3.05, 3.63) is 60.3 Å². The van der Waals surface area contributed by atoms with Crippen molar-refractivity contribution in [3.8, 4) is 11.5 Å². The molecule has 2 aromatic carbocycles. The third-order valence-corrected chi connectivity index (χ3v) is 2.85. The van der Waals surface area contributed by atoms with Gasteiger partial charge in [0.2, 0.25) is 5.89 Å². The minimum absolute atomic E-state index is 0.316. The van der Waals surface area contributed by atoms with Gasteiger partial charge in [-0.3, -0.25) is 0 Å². The number of hydrogen-bond donors (Lipinski definition) is 0. The first-order chi connectivity index (χ1) is 8.78. The molecular weight excluding hydrogens is 229 g/mol. The predicted octanol–water partition coefficient (Wildman–Crippen LogP) is 4.21. The second kappa shape index (κ2) is 4.26. The summed E-state index contributed by atoms with van der Waals surface area (Å²) in [4.78, 5) is 4.28. The maximum absolute atomic E-state index is 13.9. The standard InChI is InChI=1S/C15H11FNO/c1-2-10-7-8-11(12(16)9-10)15-17-13-5-3-4-6-14(13)18-15/h2-9H,1H3. The summed E-state index contributed by atoms with van der Waals surface area (Å²) in [6.07, 6.45) is 1.85. The van der Waals surface area contributed by atoms with Gasteiger partial charge in [0.05, 0.1) is 5.56 Å². The quantitative estimate of drug-likeness (QED) is 0.670. The van der Waals surface area contributed by atoms with Gasteiger partial charge >= 0.3 is 0 Å². The van der Waals surface area contributed by atoms with Crippen LogP contribution in [0.15, 0.2) is 46.9 Å². The van der Waals surface area contributed by atoms with Crippen molar-refractivity contribution >= 4 is 11.1 Å². The van der Waals surface area contributed by atoms with E-state index in [-0.39, 0.29) is 5.82 Å². The van der Waals surface area contributed by atoms with Crippen molar-refractivity contribution in [2.24, 2.45) is 0 Å². The van der Waals surface area contributed by atoms with Crippen LogP contribution in [-0.4, -0.2) is 4.98 Å². The van der Waals surface area contributed by atoms with Crippen molar-refractivity contribution < 1.29 is 8.81 Å². The molecule has 18 heavy (non-hydrogen) atoms. The Hall–Kier alpha value is -2.16. The fraction of sp³-hybridized carbons (Fsp3) is 0.0667. The van der Waals surface area contributed by atoms with Crippen molar-refractivity contribution in [1.82, 2.24) is 4.98 Å². The lowest BCUT2D eigenvalue weighted by Crippen LogP contribution is -1.87. The molecule has 3 rings (SSSR count). The van der Waals surface area contributed by atoms with Crippen LogP contribution in [0.1, 0.15) is 12.5 Å². The van der Waals surface area contributed by atoms with Crippen molar-refractivity contribution in [1.29, 1.82) is 0 Å². The molecule has 1 aromatic heterocycles. The van der Waals surface area contributed by atoms with Crippen LogP contribution in [0.5, 0.6) is 0 Å². The van der Waals surface area contributed by atoms with Gasteiger partial charge in [-0.15, -0.1) is 0 Å². The molecule has 3 aromatic rings. The molecule has 1 heterocycles. The molecule has 0 saturated heterocycles. The molecule has 0 aliphatic heterocycles. The average Bonchev–Trinajstić information content (AvgIpc) is 2.81. The number of aromatic nitrogens is 1. The molecule has 89 valence electrons. The second-order valence-electron chi connectivity index (χ2n) is 4.01. The largest absolute Gasteiger partial charge is 0.436 e. The van der Waals surface area contributed by atoms with Crippen LogP contribution in [0.25, 0.3) is 22.6 Å². The molecule has 0 spiro atoms. The highest BCUT2D eigenvalue weighted by atomic mass is 19.1. The van der Waals surface area contributed by atoms with Gasteiger partial charge in [0.1, 0.15) is 11.3 Å². The number of hydrogen-bond acceptors (Lipinski definition) is 2. The van der Waals surface area contributed by atoms with Crippen LogP contribution in [0.4, 0.5) is 4.39 Å². The van der Waals surface area contributed by atoms with Crippen molar-refractivity contribution in [2.75, 3.05) is 0 Å². The lowest BCUT2D eigenvalue weighted by Gasteiger charge is -2.00. The van der Waals surface area contributed by atoms with Crippen LogP contribution in [-0.2, 0) is 0 Å². The summed E-state index contributed by atoms with van der Waals surface area (Å²) in [5.41, 5.74) is 2.63. The molecule has 0 atom stereocenters. The normalized spacial score (nSPS) is 11.0. The van der Waals surface area contributed by atoms with Gasteiger partial charge in [-0.25, -0.2) is 9.37 Å². The summed E-state index contributed by atoms with van der Waals surface area (Å²) in [6.45, 7) is 1.87. The highest BCUT2D eigenvalue weighted by Crippen LogP contribution is 2.26. The predicted molar refractivity (Wildman–Crippen MR) is 68.5 cm³/mol. The Morgan fingerprint density at radius 2 is 2.00 bits per heavy atom. The lowest BCUT2D eigenvalue weighted by atomic mass is 10.1. The maximum atomic E-state index is 13.9. The van der Waals surface area contributed by atoms with E-state index in [1.54, 1.807) is 6.07 Å². The van der Waals surface area contributed by atoms with E-state index in [0.29, 0.717) is 17.0 Å². The molecule has 0 aliphatic rings. The van der Waals surface area contributed by atoms with Gasteiger partial charge in [-0.05, 0) is 36.2 Å². The van der Waals surface area contributed by atoms with E-state index in [1.165, 1.54) is 6.07 Å². The first kappa shape index (κ1) is 11.0. The van der Waals surface area contributed by atoms with Gasteiger partial charge in [0.15, 0.2) is 5.58 Å². The molecule has 0 fully saturated rings. The van der Waals surface area contributed by atoms with Crippen LogP contribution < -0.4 is 0 Å². The summed E-state index contributed by atoms with van der Waals surface area (Å²) in [7, 11) is 0. The summed E-state index contributed by atoms with van der Waals surface area (Å²) >= 11 is 0. The smallest absolute Gasteiger partial charge is 0.230 e. The van der Waals surface area contributed by atoms with E-state index >= 15 is 0 Å². The Labute approximate surface area is 104 Å². The summed E-state index contributed by atoms with van der Waals surface area (Å²) in [5.74, 6) is -0.00601. The molecule has 1 radical (unpaired) electrons. The first-order valence-corrected chi connectivity index (χ1v) is 5.73. The molecule has 0 aliphatic carbocycles. The highest BCUT2D eigenvalue weighted by molar-refractivity contribution is 5.76. The van der Waals surface area contributed by atoms with Gasteiger partial charge in [-0.1, -0.05) is 25.1 Å². The van der Waals surface area contributed by atoms with E-state index in [4.69, 9.17) is 4.42 Å². The monoisotopic (exact) mass is 240 g/mol. The molecular formula is C15H11FNO. The zero-order chi connectivity index (χ0) is 12.5. The minimum atomic E-state index is -0.322. The Kier molecular flexibility index (Phi) is 2.59. The van der Waals surface area contributed by atoms with Crippen LogP contribution >= 0.6 is 0 Å². The van der Waals surface area contributed by atoms with Crippen molar-refractivity contribution in [3.63, 3.8) is 0 Å². The van der Waals surface area contributed by atoms with Gasteiger partial charge in [0, 0.05) is 0 Å². The summed E-state index contributed by atoms with van der Waals surface area (Å²) in [6, 6.07) is 12.4. The maximum Gasteiger partial charge on any atom is 0.230 e. The number of fused-ring (bicyclic) bond motifs is 1. The zero-order valence-corrected chi connectivity index (χ0v) is 9.85. The van der Waals surface area contributed by atoms with Gasteiger partial charge in [0.25, 0.3) is 0 Å². The molecule has 0 bridgehead atoms. The molecule has 2 nitrogen and oxygen atoms in total. The second-order valence-corrected chi connectivity index (χ2v) is 4.01. The van der Waals surface area contributed by atoms with Crippen LogP contribution in [0.2, 0.25) is 0 Å². The van der Waals surface area contributed by atoms with E-state index in [1.807, 2.05) is 43.7 Å². The molecule has 0 amide bonds. The number of halogens is 1. The zero-order valence-electron chi connectivity index (χ0n) is 9.85. The number of para-hydroxylation sites is 2. The Morgan fingerprint density at radius 1 is 1.17 bits per heavy atom. The summed E-state index contributed by atoms with van der Waals surface area (Å²) < 4.78 is 19.5. The van der Waals surface area contributed by atoms with Crippen LogP contribution in [0, 0.1) is 12.2 Å². The van der Waals surface area contributed by atoms with E-state index in [2.05, 4.69) is 4.98 Å². The van der Waals surface area contributed by atoms with Crippen LogP contribution in [0.3, 0.4) is 0 Å². The van der Waals surface area contributed by atoms with Gasteiger partial charge < -0.3 is 4.42 Å². The SMILES string of the molecule is C[CH]c1ccc(-c2nc3ccccc3o2)c(F)c1. The van der Waals surface area contributed by atoms with E-state index < -0.39 is 0 Å². The first-order valence-electron chi connectivity index (χ1n) is 5.73. The topological polar surface area (TPSA) is 26.0 Å². The third-order valence-electron chi connectivity index (χ3n) is 2.85. The van der Waals surface area contributed by atoms with E-state index in [0.717, 1.165) is 11.1 Å². The minimum Gasteiger partial charge on any atom is -0.436 e. The lowest BCUT2D eigenvalue weighted by molar-refractivity contribution is 0.593. The Balaban J connectivity index is 2.14. The Bertz CT molecular complexity index is 670. The Morgan fingerprint density at radius 3 is 2.72 bits per heavy atom. The molecule has 3 heteroatoms. The van der Waals surface area contributed by atoms with Gasteiger partial charge in [-0.2, -0.15) is 0 Å². The fourth-order valence-corrected chi connectivity index (χ4v) is 1.87. The number of benzene rings is 2. The highest BCUT2D eigenvalue weighted by Gasteiger charge is 2.12. The molecule has 0 unspecified atom stereocenters. The summed E-state index contributed by atoms with van der Waals surface area (Å²) in [5, 5.41) is 0. The number of oxazole rings is 1. The third kappa shape index (κ3) is 1.78. The van der Waals surface area contributed by atoms with Crippen molar-refractivity contribution in [2.45, 2.75) is 6.92 Å². The number of nitrogens with zero attached hydrogens (tertiary/aromatic N) is 1. The van der Waals surface area contributed by atoms with E-state index in [9.17, 15) is 4.39 Å². The molecule has 0 saturated carbocycles.